The molecule has 4 saturated heterocycles. The van der Waals surface area contributed by atoms with Crippen LogP contribution in [0, 0.1) is 12.7 Å². The first-order chi connectivity index (χ1) is 21.2. The zero-order chi connectivity index (χ0) is 31.6. The summed E-state index contributed by atoms with van der Waals surface area (Å²) < 4.78 is 100. The lowest BCUT2D eigenvalue weighted by Gasteiger charge is -2.46. The van der Waals surface area contributed by atoms with Crippen LogP contribution in [0.3, 0.4) is 0 Å². The van der Waals surface area contributed by atoms with Gasteiger partial charge in [0.25, 0.3) is 5.92 Å². The quantitative estimate of drug-likeness (QED) is 0.406. The lowest BCUT2D eigenvalue weighted by molar-refractivity contribution is -0.137. The molecule has 0 aliphatic carbocycles. The van der Waals surface area contributed by atoms with Crippen LogP contribution in [0.2, 0.25) is 0 Å². The van der Waals surface area contributed by atoms with Gasteiger partial charge in [-0.3, -0.25) is 4.90 Å². The number of nitrogens with zero attached hydrogens (tertiary/aromatic N) is 6. The number of anilines is 2. The Hall–Kier alpha value is -3.66. The Morgan fingerprint density at radius 3 is 2.69 bits per heavy atom. The van der Waals surface area contributed by atoms with Crippen molar-refractivity contribution in [2.45, 2.75) is 81.4 Å². The number of ether oxygens (including phenoxy) is 2. The number of hydrogen-bond acceptors (Lipinski definition) is 10. The van der Waals surface area contributed by atoms with Gasteiger partial charge in [0.05, 0.1) is 29.4 Å². The second-order valence-electron chi connectivity index (χ2n) is 12.9. The first-order valence-electron chi connectivity index (χ1n) is 14.9. The number of nitrogens with two attached hydrogens (primary N) is 1. The Kier molecular flexibility index (Phi) is 6.04. The van der Waals surface area contributed by atoms with Gasteiger partial charge in [-0.2, -0.15) is 23.1 Å². The number of piperazine rings is 1. The van der Waals surface area contributed by atoms with Crippen LogP contribution in [-0.2, 0) is 6.18 Å². The van der Waals surface area contributed by atoms with Crippen molar-refractivity contribution in [2.75, 3.05) is 36.9 Å². The van der Waals surface area contributed by atoms with Crippen LogP contribution in [0.15, 0.2) is 6.07 Å². The molecule has 8 heterocycles. The van der Waals surface area contributed by atoms with Gasteiger partial charge in [0.2, 0.25) is 5.88 Å². The number of fused-ring (bicyclic) bond motifs is 6. The van der Waals surface area contributed by atoms with Gasteiger partial charge in [0, 0.05) is 37.2 Å². The minimum atomic E-state index is -4.90. The highest BCUT2D eigenvalue weighted by Gasteiger charge is 2.60. The zero-order valence-corrected chi connectivity index (χ0v) is 24.4. The molecule has 3 aromatic heterocycles. The van der Waals surface area contributed by atoms with E-state index in [1.807, 2.05) is 11.8 Å². The lowest BCUT2D eigenvalue weighted by atomic mass is 9.85. The number of nitrogen functional groups attached to an aromatic ring is 1. The second kappa shape index (κ2) is 9.44. The fraction of sp³-hybridized carbons (Fsp3) is 0.586. The number of hydrogen-bond donors (Lipinski definition) is 2. The molecule has 5 atom stereocenters. The largest absolute Gasteiger partial charge is 0.472 e. The molecule has 8 rings (SSSR count). The molecule has 4 fully saturated rings. The highest BCUT2D eigenvalue weighted by Crippen LogP contribution is 2.49. The highest BCUT2D eigenvalue weighted by atomic mass is 19.4. The monoisotopic (exact) mass is 636 g/mol. The highest BCUT2D eigenvalue weighted by molar-refractivity contribution is 5.97. The molecule has 2 bridgehead atoms. The van der Waals surface area contributed by atoms with Gasteiger partial charge < -0.3 is 25.4 Å². The van der Waals surface area contributed by atoms with Crippen molar-refractivity contribution in [2.24, 2.45) is 0 Å². The summed E-state index contributed by atoms with van der Waals surface area (Å²) >= 11 is 0. The van der Waals surface area contributed by atoms with Gasteiger partial charge in [-0.1, -0.05) is 0 Å². The van der Waals surface area contributed by atoms with Crippen LogP contribution >= 0.6 is 0 Å². The van der Waals surface area contributed by atoms with Crippen LogP contribution in [0.1, 0.15) is 43.9 Å². The number of aromatic nitrogens is 4. The molecule has 240 valence electrons. The Morgan fingerprint density at radius 1 is 1.18 bits per heavy atom. The zero-order valence-electron chi connectivity index (χ0n) is 24.4. The molecule has 0 spiro atoms. The molecule has 10 nitrogen and oxygen atoms in total. The van der Waals surface area contributed by atoms with Gasteiger partial charge in [-0.15, -0.1) is 0 Å². The number of rotatable bonds is 4. The average molecular weight is 637 g/mol. The maximum atomic E-state index is 16.7. The smallest absolute Gasteiger partial charge is 0.418 e. The Labute approximate surface area is 253 Å². The maximum absolute atomic E-state index is 16.7. The number of aryl methyl sites for hydroxylation is 1. The van der Waals surface area contributed by atoms with E-state index in [0.29, 0.717) is 19.5 Å². The summed E-state index contributed by atoms with van der Waals surface area (Å²) in [4.78, 5) is 20.8. The van der Waals surface area contributed by atoms with Crippen molar-refractivity contribution in [3.8, 4) is 23.1 Å². The van der Waals surface area contributed by atoms with E-state index < -0.39 is 52.1 Å². The number of pyridine rings is 2. The SMILES string of the molecule is Cc1nc(N)cc(-c2nc3c4c(nc(OCC56CCN5CC(F)(F)C6)nc4c2F)N2C[C@H]4CC[C@H](N4)[C@H]2[C@H](C)O3)c1C(F)(F)F. The molecule has 0 radical (unpaired) electrons. The predicted octanol–water partition coefficient (Wildman–Crippen LogP) is 4.09. The van der Waals surface area contributed by atoms with Crippen molar-refractivity contribution in [3.05, 3.63) is 23.1 Å². The predicted molar refractivity (Wildman–Crippen MR) is 150 cm³/mol. The minimum absolute atomic E-state index is 0.00869. The van der Waals surface area contributed by atoms with E-state index in [0.717, 1.165) is 25.8 Å². The second-order valence-corrected chi connectivity index (χ2v) is 12.9. The molecule has 0 amide bonds. The average Bonchev–Trinajstić information content (AvgIpc) is 3.36. The van der Waals surface area contributed by atoms with E-state index >= 15 is 4.39 Å². The summed E-state index contributed by atoms with van der Waals surface area (Å²) in [6.07, 6.45) is -3.55. The molecule has 3 N–H and O–H groups in total. The van der Waals surface area contributed by atoms with Crippen LogP contribution in [0.25, 0.3) is 22.2 Å². The lowest BCUT2D eigenvalue weighted by Crippen LogP contribution is -2.62. The molecular weight excluding hydrogens is 606 g/mol. The number of nitrogens with one attached hydrogen (secondary N) is 1. The summed E-state index contributed by atoms with van der Waals surface area (Å²) in [7, 11) is 0. The first kappa shape index (κ1) is 28.8. The number of alkyl halides is 5. The summed E-state index contributed by atoms with van der Waals surface area (Å²) in [5.74, 6) is -4.11. The Bertz CT molecular complexity index is 1740. The normalized spacial score (nSPS) is 30.0. The standard InChI is InChI=1S/C29H30F6N8O2/c1-12-19(29(33,34)35)15(7-17(36)37-12)21-20(30)22-18-24(41-26(40-22)44-11-27-5-6-42(27)10-28(31,32)9-27)43-8-14-3-4-16(38-14)23(43)13(2)45-25(18)39-21/h7,13-14,16,23,38H,3-6,8-11H2,1-2H3,(H2,36,37)/t13-,14+,16-,23+,27?/m0/s1. The fourth-order valence-electron chi connectivity index (χ4n) is 8.04. The summed E-state index contributed by atoms with van der Waals surface area (Å²) in [6.45, 7) is 3.45. The molecule has 16 heteroatoms. The van der Waals surface area contributed by atoms with Gasteiger partial charge >= 0.3 is 12.2 Å². The van der Waals surface area contributed by atoms with E-state index in [1.54, 1.807) is 4.90 Å². The van der Waals surface area contributed by atoms with E-state index in [9.17, 15) is 22.0 Å². The third kappa shape index (κ3) is 4.38. The van der Waals surface area contributed by atoms with E-state index in [-0.39, 0.29) is 72.1 Å². The van der Waals surface area contributed by atoms with Crippen molar-refractivity contribution in [1.82, 2.24) is 30.2 Å². The topological polar surface area (TPSA) is 115 Å². The molecule has 0 aromatic carbocycles. The molecule has 3 aromatic rings. The third-order valence-electron chi connectivity index (χ3n) is 9.98. The van der Waals surface area contributed by atoms with Gasteiger partial charge in [0.15, 0.2) is 5.82 Å². The number of halogens is 6. The minimum Gasteiger partial charge on any atom is -0.472 e. The summed E-state index contributed by atoms with van der Waals surface area (Å²) in [5, 5.41) is 3.68. The summed E-state index contributed by atoms with van der Waals surface area (Å²) in [6, 6.07) is 0.530. The van der Waals surface area contributed by atoms with E-state index in [1.165, 1.54) is 0 Å². The Morgan fingerprint density at radius 2 is 1.98 bits per heavy atom. The molecule has 5 aliphatic rings. The van der Waals surface area contributed by atoms with E-state index in [4.69, 9.17) is 15.2 Å². The fourth-order valence-corrected chi connectivity index (χ4v) is 8.04. The Balaban J connectivity index is 1.32. The van der Waals surface area contributed by atoms with Gasteiger partial charge in [0.1, 0.15) is 40.9 Å². The van der Waals surface area contributed by atoms with Crippen LogP contribution in [0.5, 0.6) is 11.9 Å². The van der Waals surface area contributed by atoms with Crippen molar-refractivity contribution >= 4 is 22.5 Å². The van der Waals surface area contributed by atoms with Crippen LogP contribution < -0.4 is 25.4 Å². The summed E-state index contributed by atoms with van der Waals surface area (Å²) in [5.41, 5.74) is 1.68. The third-order valence-corrected chi connectivity index (χ3v) is 9.98. The van der Waals surface area contributed by atoms with Gasteiger partial charge in [-0.05, 0) is 39.2 Å². The van der Waals surface area contributed by atoms with Crippen LogP contribution in [0.4, 0.5) is 38.0 Å². The first-order valence-corrected chi connectivity index (χ1v) is 14.9. The molecule has 45 heavy (non-hydrogen) atoms. The van der Waals surface area contributed by atoms with Crippen LogP contribution in [-0.4, -0.2) is 86.8 Å². The molecular formula is C29H30F6N8O2. The van der Waals surface area contributed by atoms with Crippen molar-refractivity contribution in [3.63, 3.8) is 0 Å². The maximum Gasteiger partial charge on any atom is 0.418 e. The van der Waals surface area contributed by atoms with Gasteiger partial charge in [-0.25, -0.2) is 23.1 Å². The molecule has 0 saturated carbocycles. The molecule has 5 aliphatic heterocycles. The molecule has 1 unspecified atom stereocenters. The van der Waals surface area contributed by atoms with Crippen molar-refractivity contribution in [1.29, 1.82) is 0 Å². The van der Waals surface area contributed by atoms with Crippen molar-refractivity contribution < 1.29 is 35.8 Å². The van der Waals surface area contributed by atoms with E-state index in [2.05, 4.69) is 25.3 Å².